The second-order valence-electron chi connectivity index (χ2n) is 5.60. The molecule has 0 nitrogen and oxygen atoms in total. The van der Waals surface area contributed by atoms with Gasteiger partial charge < -0.3 is 0 Å². The van der Waals surface area contributed by atoms with Crippen molar-refractivity contribution in [3.63, 3.8) is 0 Å². The average Bonchev–Trinajstić information content (AvgIpc) is 2.48. The van der Waals surface area contributed by atoms with Crippen molar-refractivity contribution in [1.82, 2.24) is 0 Å². The van der Waals surface area contributed by atoms with Crippen molar-refractivity contribution >= 4 is 5.57 Å². The Morgan fingerprint density at radius 3 is 2.20 bits per heavy atom. The smallest absolute Gasteiger partial charge is 0.0103 e. The summed E-state index contributed by atoms with van der Waals surface area (Å²) in [5.74, 6) is 0.625. The molecular weight excluding hydrogens is 240 g/mol. The van der Waals surface area contributed by atoms with E-state index in [1.165, 1.54) is 27.8 Å². The van der Waals surface area contributed by atoms with Crippen LogP contribution in [0.1, 0.15) is 24.5 Å². The third-order valence-corrected chi connectivity index (χ3v) is 3.94. The van der Waals surface area contributed by atoms with E-state index >= 15 is 0 Å². The molecule has 0 bridgehead atoms. The minimum absolute atomic E-state index is 0.625. The van der Waals surface area contributed by atoms with Gasteiger partial charge in [0.2, 0.25) is 0 Å². The van der Waals surface area contributed by atoms with Crippen LogP contribution in [0.2, 0.25) is 0 Å². The van der Waals surface area contributed by atoms with E-state index in [0.29, 0.717) is 5.92 Å². The monoisotopic (exact) mass is 260 g/mol. The van der Waals surface area contributed by atoms with Crippen LogP contribution in [-0.2, 0) is 0 Å². The quantitative estimate of drug-likeness (QED) is 0.655. The number of rotatable bonds is 2. The van der Waals surface area contributed by atoms with Gasteiger partial charge in [-0.15, -0.1) is 0 Å². The third kappa shape index (κ3) is 2.46. The second-order valence-corrected chi connectivity index (χ2v) is 5.60. The van der Waals surface area contributed by atoms with Crippen LogP contribution >= 0.6 is 0 Å². The zero-order chi connectivity index (χ0) is 13.9. The molecule has 1 unspecified atom stereocenters. The van der Waals surface area contributed by atoms with Crippen molar-refractivity contribution in [3.05, 3.63) is 77.9 Å². The third-order valence-electron chi connectivity index (χ3n) is 3.94. The SMILES string of the molecule is Cc1ccccc1-c1ccccc1C1=CC(C)CC=C1. The second kappa shape index (κ2) is 5.50. The minimum atomic E-state index is 0.625. The highest BCUT2D eigenvalue weighted by Gasteiger charge is 2.12. The standard InChI is InChI=1S/C20H20/c1-15-8-7-10-17(14-15)19-12-5-6-13-20(19)18-11-4-3-9-16(18)2/h3-7,9-15H,8H2,1-2H3. The van der Waals surface area contributed by atoms with Crippen LogP contribution in [0.5, 0.6) is 0 Å². The summed E-state index contributed by atoms with van der Waals surface area (Å²) in [7, 11) is 0. The van der Waals surface area contributed by atoms with Gasteiger partial charge in [0, 0.05) is 0 Å². The average molecular weight is 260 g/mol. The predicted octanol–water partition coefficient (Wildman–Crippen LogP) is 5.64. The number of allylic oxidation sites excluding steroid dienone is 4. The van der Waals surface area contributed by atoms with Crippen LogP contribution in [-0.4, -0.2) is 0 Å². The molecule has 0 radical (unpaired) electrons. The first-order valence-corrected chi connectivity index (χ1v) is 7.29. The molecule has 20 heavy (non-hydrogen) atoms. The molecule has 0 spiro atoms. The number of aryl methyl sites for hydroxylation is 1. The van der Waals surface area contributed by atoms with E-state index in [1.807, 2.05) is 0 Å². The largest absolute Gasteiger partial charge is 0.0834 e. The molecule has 0 aliphatic heterocycles. The maximum atomic E-state index is 2.39. The molecule has 0 amide bonds. The van der Waals surface area contributed by atoms with Gasteiger partial charge in [-0.3, -0.25) is 0 Å². The van der Waals surface area contributed by atoms with Gasteiger partial charge in [0.05, 0.1) is 0 Å². The summed E-state index contributed by atoms with van der Waals surface area (Å²) in [5, 5.41) is 0. The Balaban J connectivity index is 2.15. The molecule has 1 atom stereocenters. The zero-order valence-corrected chi connectivity index (χ0v) is 12.1. The van der Waals surface area contributed by atoms with E-state index in [0.717, 1.165) is 6.42 Å². The highest BCUT2D eigenvalue weighted by atomic mass is 14.2. The molecule has 0 heteroatoms. The van der Waals surface area contributed by atoms with E-state index in [4.69, 9.17) is 0 Å². The summed E-state index contributed by atoms with van der Waals surface area (Å²) in [6.45, 7) is 4.46. The van der Waals surface area contributed by atoms with Crippen LogP contribution in [0, 0.1) is 12.8 Å². The topological polar surface area (TPSA) is 0 Å². The van der Waals surface area contributed by atoms with Gasteiger partial charge in [0.25, 0.3) is 0 Å². The fourth-order valence-corrected chi connectivity index (χ4v) is 2.86. The Kier molecular flexibility index (Phi) is 3.56. The minimum Gasteiger partial charge on any atom is -0.0834 e. The van der Waals surface area contributed by atoms with Gasteiger partial charge in [-0.1, -0.05) is 73.7 Å². The molecule has 100 valence electrons. The van der Waals surface area contributed by atoms with Crippen molar-refractivity contribution in [2.75, 3.05) is 0 Å². The lowest BCUT2D eigenvalue weighted by molar-refractivity contribution is 0.740. The predicted molar refractivity (Wildman–Crippen MR) is 87.5 cm³/mol. The molecule has 2 aromatic rings. The summed E-state index contributed by atoms with van der Waals surface area (Å²) in [4.78, 5) is 0. The van der Waals surface area contributed by atoms with Crippen molar-refractivity contribution < 1.29 is 0 Å². The molecule has 1 aliphatic carbocycles. The first kappa shape index (κ1) is 12.9. The van der Waals surface area contributed by atoms with E-state index in [1.54, 1.807) is 0 Å². The van der Waals surface area contributed by atoms with Crippen LogP contribution in [0.3, 0.4) is 0 Å². The molecule has 3 rings (SSSR count). The van der Waals surface area contributed by atoms with E-state index in [2.05, 4.69) is 80.6 Å². The maximum Gasteiger partial charge on any atom is -0.0103 e. The number of hydrogen-bond donors (Lipinski definition) is 0. The van der Waals surface area contributed by atoms with E-state index in [9.17, 15) is 0 Å². The zero-order valence-electron chi connectivity index (χ0n) is 12.1. The van der Waals surface area contributed by atoms with Gasteiger partial charge in [-0.05, 0) is 47.1 Å². The summed E-state index contributed by atoms with van der Waals surface area (Å²) in [6, 6.07) is 17.3. The van der Waals surface area contributed by atoms with Crippen molar-refractivity contribution in [2.45, 2.75) is 20.3 Å². The normalized spacial score (nSPS) is 17.9. The van der Waals surface area contributed by atoms with E-state index in [-0.39, 0.29) is 0 Å². The summed E-state index contributed by atoms with van der Waals surface area (Å²) < 4.78 is 0. The van der Waals surface area contributed by atoms with Gasteiger partial charge >= 0.3 is 0 Å². The highest BCUT2D eigenvalue weighted by molar-refractivity contribution is 5.86. The highest BCUT2D eigenvalue weighted by Crippen LogP contribution is 2.33. The lowest BCUT2D eigenvalue weighted by Crippen LogP contribution is -1.97. The maximum absolute atomic E-state index is 2.39. The molecule has 0 fully saturated rings. The number of benzene rings is 2. The Bertz CT molecular complexity index is 674. The molecule has 0 heterocycles. The Morgan fingerprint density at radius 1 is 0.850 bits per heavy atom. The van der Waals surface area contributed by atoms with Crippen LogP contribution < -0.4 is 0 Å². The summed E-state index contributed by atoms with van der Waals surface area (Å²) in [5.41, 5.74) is 6.67. The van der Waals surface area contributed by atoms with Crippen LogP contribution in [0.25, 0.3) is 16.7 Å². The van der Waals surface area contributed by atoms with E-state index < -0.39 is 0 Å². The molecule has 1 aliphatic rings. The molecule has 2 aromatic carbocycles. The summed E-state index contributed by atoms with van der Waals surface area (Å²) in [6.07, 6.45) is 8.08. The molecule has 0 N–H and O–H groups in total. The molecule has 0 saturated carbocycles. The van der Waals surface area contributed by atoms with Crippen molar-refractivity contribution in [2.24, 2.45) is 5.92 Å². The summed E-state index contributed by atoms with van der Waals surface area (Å²) >= 11 is 0. The Labute approximate surface area is 121 Å². The van der Waals surface area contributed by atoms with Gasteiger partial charge in [0.15, 0.2) is 0 Å². The first-order valence-electron chi connectivity index (χ1n) is 7.29. The molecule has 0 saturated heterocycles. The van der Waals surface area contributed by atoms with Gasteiger partial charge in [-0.2, -0.15) is 0 Å². The van der Waals surface area contributed by atoms with Gasteiger partial charge in [-0.25, -0.2) is 0 Å². The fourth-order valence-electron chi connectivity index (χ4n) is 2.86. The Morgan fingerprint density at radius 2 is 1.50 bits per heavy atom. The van der Waals surface area contributed by atoms with Crippen molar-refractivity contribution in [1.29, 1.82) is 0 Å². The van der Waals surface area contributed by atoms with Crippen molar-refractivity contribution in [3.8, 4) is 11.1 Å². The lowest BCUT2D eigenvalue weighted by atomic mass is 9.88. The fraction of sp³-hybridized carbons (Fsp3) is 0.200. The Hall–Kier alpha value is -2.08. The van der Waals surface area contributed by atoms with Gasteiger partial charge in [0.1, 0.15) is 0 Å². The molecule has 0 aromatic heterocycles. The van der Waals surface area contributed by atoms with Crippen LogP contribution in [0.15, 0.2) is 66.8 Å². The number of hydrogen-bond acceptors (Lipinski definition) is 0. The first-order chi connectivity index (χ1) is 9.75. The molecular formula is C20H20. The lowest BCUT2D eigenvalue weighted by Gasteiger charge is -2.17. The van der Waals surface area contributed by atoms with Crippen LogP contribution in [0.4, 0.5) is 0 Å².